The lowest BCUT2D eigenvalue weighted by molar-refractivity contribution is 0.121. The second kappa shape index (κ2) is 6.78. The topological polar surface area (TPSA) is 32.3 Å². The van der Waals surface area contributed by atoms with Crippen LogP contribution in [-0.4, -0.2) is 11.2 Å². The van der Waals surface area contributed by atoms with Crippen molar-refractivity contribution in [3.8, 4) is 0 Å². The van der Waals surface area contributed by atoms with Gasteiger partial charge in [-0.3, -0.25) is 0 Å². The Hall–Kier alpha value is -0.340. The molecule has 0 heterocycles. The summed E-state index contributed by atoms with van der Waals surface area (Å²) in [5.74, 6) is 0. The molecule has 2 heteroatoms. The van der Waals surface area contributed by atoms with Crippen molar-refractivity contribution in [3.05, 3.63) is 12.7 Å². The lowest BCUT2D eigenvalue weighted by Crippen LogP contribution is -2.24. The van der Waals surface area contributed by atoms with Crippen molar-refractivity contribution in [2.75, 3.05) is 0 Å². The van der Waals surface area contributed by atoms with Gasteiger partial charge >= 0.3 is 0 Å². The Morgan fingerprint density at radius 2 is 2.40 bits per heavy atom. The molecule has 0 aromatic carbocycles. The van der Waals surface area contributed by atoms with Crippen LogP contribution in [-0.2, 0) is 0 Å². The molecule has 0 bridgehead atoms. The summed E-state index contributed by atoms with van der Waals surface area (Å²) in [4.78, 5) is 0. The first kappa shape index (κ1) is 9.66. The van der Waals surface area contributed by atoms with E-state index in [9.17, 15) is 0 Å². The molecule has 1 unspecified atom stereocenters. The molecular weight excluding hydrogens is 126 g/mol. The molecular formula is C8H17NO. The number of rotatable bonds is 6. The fourth-order valence-corrected chi connectivity index (χ4v) is 0.887. The molecule has 0 aromatic rings. The molecule has 0 rings (SSSR count). The second-order valence-electron chi connectivity index (χ2n) is 2.49. The number of unbranched alkanes of at least 4 members (excludes halogenated alkanes) is 1. The van der Waals surface area contributed by atoms with Crippen LogP contribution in [0.2, 0.25) is 0 Å². The van der Waals surface area contributed by atoms with E-state index in [4.69, 9.17) is 5.21 Å². The molecule has 0 aliphatic carbocycles. The number of nitrogens with one attached hydrogen (secondary N) is 1. The Morgan fingerprint density at radius 1 is 1.70 bits per heavy atom. The van der Waals surface area contributed by atoms with Crippen molar-refractivity contribution in [3.63, 3.8) is 0 Å². The summed E-state index contributed by atoms with van der Waals surface area (Å²) < 4.78 is 0. The third-order valence-corrected chi connectivity index (χ3v) is 1.54. The first-order chi connectivity index (χ1) is 4.85. The summed E-state index contributed by atoms with van der Waals surface area (Å²) in [6, 6.07) is 0.206. The van der Waals surface area contributed by atoms with Crippen LogP contribution in [0.25, 0.3) is 0 Å². The summed E-state index contributed by atoms with van der Waals surface area (Å²) >= 11 is 0. The van der Waals surface area contributed by atoms with E-state index in [1.165, 1.54) is 6.42 Å². The third kappa shape index (κ3) is 4.53. The summed E-state index contributed by atoms with van der Waals surface area (Å²) in [6.07, 6.45) is 6.03. The van der Waals surface area contributed by atoms with Gasteiger partial charge < -0.3 is 5.21 Å². The maximum atomic E-state index is 8.59. The van der Waals surface area contributed by atoms with Crippen molar-refractivity contribution in [2.24, 2.45) is 0 Å². The molecule has 0 aliphatic rings. The third-order valence-electron chi connectivity index (χ3n) is 1.54. The van der Waals surface area contributed by atoms with Gasteiger partial charge in [0.1, 0.15) is 0 Å². The highest BCUT2D eigenvalue weighted by Gasteiger charge is 2.01. The molecule has 0 amide bonds. The van der Waals surface area contributed by atoms with Crippen LogP contribution in [0.5, 0.6) is 0 Å². The van der Waals surface area contributed by atoms with E-state index in [-0.39, 0.29) is 6.04 Å². The molecule has 10 heavy (non-hydrogen) atoms. The highest BCUT2D eigenvalue weighted by Crippen LogP contribution is 2.03. The first-order valence-electron chi connectivity index (χ1n) is 3.85. The molecule has 0 aliphatic heterocycles. The highest BCUT2D eigenvalue weighted by molar-refractivity contribution is 4.75. The van der Waals surface area contributed by atoms with Crippen molar-refractivity contribution < 1.29 is 5.21 Å². The number of hydrogen-bond donors (Lipinski definition) is 2. The zero-order valence-corrected chi connectivity index (χ0v) is 6.64. The summed E-state index contributed by atoms with van der Waals surface area (Å²) in [6.45, 7) is 5.75. The molecule has 2 nitrogen and oxygen atoms in total. The minimum absolute atomic E-state index is 0.206. The predicted molar refractivity (Wildman–Crippen MR) is 43.0 cm³/mol. The molecule has 60 valence electrons. The van der Waals surface area contributed by atoms with Gasteiger partial charge in [0.2, 0.25) is 0 Å². The van der Waals surface area contributed by atoms with Gasteiger partial charge in [-0.15, -0.1) is 6.58 Å². The van der Waals surface area contributed by atoms with Gasteiger partial charge in [-0.2, -0.15) is 0 Å². The molecule has 0 spiro atoms. The Balaban J connectivity index is 3.29. The van der Waals surface area contributed by atoms with Gasteiger partial charge in [0, 0.05) is 6.04 Å². The van der Waals surface area contributed by atoms with Crippen LogP contribution in [0.15, 0.2) is 12.7 Å². The van der Waals surface area contributed by atoms with E-state index in [0.29, 0.717) is 0 Å². The Kier molecular flexibility index (Phi) is 6.55. The van der Waals surface area contributed by atoms with E-state index in [2.05, 4.69) is 19.0 Å². The maximum absolute atomic E-state index is 8.59. The van der Waals surface area contributed by atoms with Gasteiger partial charge in [0.15, 0.2) is 0 Å². The fourth-order valence-electron chi connectivity index (χ4n) is 0.887. The van der Waals surface area contributed by atoms with Crippen molar-refractivity contribution >= 4 is 0 Å². The Bertz CT molecular complexity index is 83.3. The average molecular weight is 143 g/mol. The van der Waals surface area contributed by atoms with E-state index in [1.807, 2.05) is 6.08 Å². The van der Waals surface area contributed by atoms with Crippen LogP contribution in [0.3, 0.4) is 0 Å². The molecule has 1 atom stereocenters. The van der Waals surface area contributed by atoms with Crippen LogP contribution in [0, 0.1) is 0 Å². The molecule has 0 fully saturated rings. The zero-order chi connectivity index (χ0) is 7.82. The SMILES string of the molecule is C=CCC(CCCC)NO. The monoisotopic (exact) mass is 143 g/mol. The van der Waals surface area contributed by atoms with Crippen LogP contribution in [0.1, 0.15) is 32.6 Å². The van der Waals surface area contributed by atoms with E-state index in [0.717, 1.165) is 19.3 Å². The molecule has 0 radical (unpaired) electrons. The Morgan fingerprint density at radius 3 is 2.80 bits per heavy atom. The van der Waals surface area contributed by atoms with Gasteiger partial charge in [0.05, 0.1) is 0 Å². The normalized spacial score (nSPS) is 13.0. The standard InChI is InChI=1S/C8H17NO/c1-3-5-7-8(9-10)6-4-2/h4,8-10H,2-3,5-7H2,1H3. The van der Waals surface area contributed by atoms with Crippen LogP contribution in [0.4, 0.5) is 0 Å². The molecule has 0 saturated heterocycles. The van der Waals surface area contributed by atoms with Crippen molar-refractivity contribution in [1.82, 2.24) is 5.48 Å². The van der Waals surface area contributed by atoms with Crippen LogP contribution < -0.4 is 5.48 Å². The lowest BCUT2D eigenvalue weighted by Gasteiger charge is -2.10. The largest absolute Gasteiger partial charge is 0.317 e. The van der Waals surface area contributed by atoms with Gasteiger partial charge in [0.25, 0.3) is 0 Å². The quantitative estimate of drug-likeness (QED) is 0.441. The predicted octanol–water partition coefficient (Wildman–Crippen LogP) is 2.10. The fraction of sp³-hybridized carbons (Fsp3) is 0.750. The van der Waals surface area contributed by atoms with Crippen molar-refractivity contribution in [2.45, 2.75) is 38.6 Å². The minimum Gasteiger partial charge on any atom is -0.317 e. The summed E-state index contributed by atoms with van der Waals surface area (Å²) in [5, 5.41) is 8.59. The maximum Gasteiger partial charge on any atom is 0.0354 e. The van der Waals surface area contributed by atoms with Crippen molar-refractivity contribution in [1.29, 1.82) is 0 Å². The molecule has 0 saturated carbocycles. The van der Waals surface area contributed by atoms with E-state index < -0.39 is 0 Å². The zero-order valence-electron chi connectivity index (χ0n) is 6.64. The highest BCUT2D eigenvalue weighted by atomic mass is 16.5. The number of hydroxylamine groups is 1. The van der Waals surface area contributed by atoms with E-state index in [1.54, 1.807) is 0 Å². The summed E-state index contributed by atoms with van der Waals surface area (Å²) in [5.41, 5.74) is 2.27. The Labute approximate surface area is 62.9 Å². The minimum atomic E-state index is 0.206. The van der Waals surface area contributed by atoms with Gasteiger partial charge in [-0.05, 0) is 12.8 Å². The second-order valence-corrected chi connectivity index (χ2v) is 2.49. The lowest BCUT2D eigenvalue weighted by atomic mass is 10.1. The number of hydrogen-bond acceptors (Lipinski definition) is 2. The molecule has 2 N–H and O–H groups in total. The van der Waals surface area contributed by atoms with Gasteiger partial charge in [-0.1, -0.05) is 25.8 Å². The molecule has 0 aromatic heterocycles. The average Bonchev–Trinajstić information content (AvgIpc) is 1.98. The van der Waals surface area contributed by atoms with Crippen LogP contribution >= 0.6 is 0 Å². The van der Waals surface area contributed by atoms with Gasteiger partial charge in [-0.25, -0.2) is 5.48 Å². The summed E-state index contributed by atoms with van der Waals surface area (Å²) in [7, 11) is 0. The van der Waals surface area contributed by atoms with E-state index >= 15 is 0 Å². The first-order valence-corrected chi connectivity index (χ1v) is 3.85. The smallest absolute Gasteiger partial charge is 0.0354 e.